The highest BCUT2D eigenvalue weighted by molar-refractivity contribution is 6.30. The number of amides is 1. The third-order valence-corrected chi connectivity index (χ3v) is 4.24. The summed E-state index contributed by atoms with van der Waals surface area (Å²) in [6.45, 7) is 3.67. The largest absolute Gasteiger partial charge is 0.375 e. The van der Waals surface area contributed by atoms with Gasteiger partial charge in [0.15, 0.2) is 0 Å². The Kier molecular flexibility index (Phi) is 4.66. The van der Waals surface area contributed by atoms with E-state index in [2.05, 4.69) is 5.10 Å². The predicted octanol–water partition coefficient (Wildman–Crippen LogP) is 1.60. The molecule has 1 saturated heterocycles. The SMILES string of the molecule is C[C@H]1OCCN(Cc2ccn(-c3ccc(Cl)cc3)n2)[C@@H]1C(N)=O. The van der Waals surface area contributed by atoms with Gasteiger partial charge in [-0.15, -0.1) is 0 Å². The summed E-state index contributed by atoms with van der Waals surface area (Å²) in [5.41, 5.74) is 7.32. The summed E-state index contributed by atoms with van der Waals surface area (Å²) in [6, 6.07) is 8.97. The van der Waals surface area contributed by atoms with Crippen molar-refractivity contribution < 1.29 is 9.53 Å². The fourth-order valence-corrected chi connectivity index (χ4v) is 2.99. The molecule has 6 nitrogen and oxygen atoms in total. The highest BCUT2D eigenvalue weighted by Gasteiger charge is 2.33. The van der Waals surface area contributed by atoms with Crippen molar-refractivity contribution in [1.29, 1.82) is 0 Å². The van der Waals surface area contributed by atoms with Crippen molar-refractivity contribution >= 4 is 17.5 Å². The van der Waals surface area contributed by atoms with E-state index in [0.29, 0.717) is 24.7 Å². The number of hydrogen-bond donors (Lipinski definition) is 1. The summed E-state index contributed by atoms with van der Waals surface area (Å²) < 4.78 is 7.31. The van der Waals surface area contributed by atoms with E-state index in [1.165, 1.54) is 0 Å². The molecular formula is C16H19ClN4O2. The van der Waals surface area contributed by atoms with E-state index in [1.54, 1.807) is 4.68 Å². The van der Waals surface area contributed by atoms with Crippen LogP contribution in [-0.2, 0) is 16.1 Å². The number of carbonyl (C=O) groups is 1. The molecular weight excluding hydrogens is 316 g/mol. The quantitative estimate of drug-likeness (QED) is 0.921. The monoisotopic (exact) mass is 334 g/mol. The number of nitrogens with zero attached hydrogens (tertiary/aromatic N) is 3. The first-order chi connectivity index (χ1) is 11.0. The van der Waals surface area contributed by atoms with Crippen LogP contribution in [0, 0.1) is 0 Å². The van der Waals surface area contributed by atoms with Gasteiger partial charge in [-0.05, 0) is 37.3 Å². The molecule has 0 bridgehead atoms. The van der Waals surface area contributed by atoms with Crippen LogP contribution in [0.4, 0.5) is 0 Å². The van der Waals surface area contributed by atoms with Crippen molar-refractivity contribution in [2.75, 3.05) is 13.2 Å². The molecule has 0 saturated carbocycles. The van der Waals surface area contributed by atoms with Gasteiger partial charge in [0.2, 0.25) is 5.91 Å². The summed E-state index contributed by atoms with van der Waals surface area (Å²) in [5.74, 6) is -0.366. The zero-order valence-corrected chi connectivity index (χ0v) is 13.6. The molecule has 0 radical (unpaired) electrons. The van der Waals surface area contributed by atoms with Gasteiger partial charge in [-0.1, -0.05) is 11.6 Å². The molecule has 0 aliphatic carbocycles. The zero-order chi connectivity index (χ0) is 16.4. The molecule has 3 rings (SSSR count). The number of aromatic nitrogens is 2. The number of ether oxygens (including phenoxy) is 1. The zero-order valence-electron chi connectivity index (χ0n) is 12.9. The number of carbonyl (C=O) groups excluding carboxylic acids is 1. The molecule has 1 amide bonds. The van der Waals surface area contributed by atoms with Gasteiger partial charge in [-0.3, -0.25) is 9.69 Å². The molecule has 2 aromatic rings. The van der Waals surface area contributed by atoms with Crippen molar-refractivity contribution in [3.63, 3.8) is 0 Å². The molecule has 0 unspecified atom stereocenters. The van der Waals surface area contributed by atoms with Crippen LogP contribution < -0.4 is 5.73 Å². The Morgan fingerprint density at radius 1 is 1.39 bits per heavy atom. The Hall–Kier alpha value is -1.89. The molecule has 0 spiro atoms. The first-order valence-electron chi connectivity index (χ1n) is 7.50. The molecule has 1 aromatic heterocycles. The third kappa shape index (κ3) is 3.55. The number of rotatable bonds is 4. The average Bonchev–Trinajstić information content (AvgIpc) is 2.96. The Labute approximate surface area is 139 Å². The Balaban J connectivity index is 1.75. The first kappa shape index (κ1) is 16.0. The van der Waals surface area contributed by atoms with E-state index in [1.807, 2.05) is 48.4 Å². The van der Waals surface area contributed by atoms with E-state index in [-0.39, 0.29) is 12.0 Å². The maximum atomic E-state index is 11.7. The summed E-state index contributed by atoms with van der Waals surface area (Å²) in [4.78, 5) is 13.7. The molecule has 122 valence electrons. The van der Waals surface area contributed by atoms with Gasteiger partial charge in [0, 0.05) is 24.3 Å². The number of benzene rings is 1. The number of halogens is 1. The molecule has 2 N–H and O–H groups in total. The van der Waals surface area contributed by atoms with Crippen LogP contribution in [-0.4, -0.2) is 45.9 Å². The molecule has 1 aromatic carbocycles. The topological polar surface area (TPSA) is 73.4 Å². The van der Waals surface area contributed by atoms with E-state index in [9.17, 15) is 4.79 Å². The van der Waals surface area contributed by atoms with Crippen LogP contribution in [0.25, 0.3) is 5.69 Å². The maximum Gasteiger partial charge on any atom is 0.237 e. The smallest absolute Gasteiger partial charge is 0.237 e. The number of hydrogen-bond acceptors (Lipinski definition) is 4. The molecule has 1 aliphatic heterocycles. The molecule has 7 heteroatoms. The van der Waals surface area contributed by atoms with E-state index < -0.39 is 6.04 Å². The van der Waals surface area contributed by atoms with Gasteiger partial charge in [0.05, 0.1) is 24.1 Å². The minimum absolute atomic E-state index is 0.209. The van der Waals surface area contributed by atoms with Gasteiger partial charge in [0.1, 0.15) is 6.04 Å². The van der Waals surface area contributed by atoms with Gasteiger partial charge in [-0.25, -0.2) is 4.68 Å². The standard InChI is InChI=1S/C16H19ClN4O2/c1-11-15(16(18)22)20(8-9-23-11)10-13-6-7-21(19-13)14-4-2-12(17)3-5-14/h2-7,11,15H,8-10H2,1H3,(H2,18,22)/t11-,15+/m1/s1. The van der Waals surface area contributed by atoms with Gasteiger partial charge in [-0.2, -0.15) is 5.10 Å². The van der Waals surface area contributed by atoms with Crippen LogP contribution in [0.2, 0.25) is 5.02 Å². The van der Waals surface area contributed by atoms with Crippen molar-refractivity contribution in [1.82, 2.24) is 14.7 Å². The lowest BCUT2D eigenvalue weighted by atomic mass is 10.1. The first-order valence-corrected chi connectivity index (χ1v) is 7.88. The Bertz CT molecular complexity index is 686. The lowest BCUT2D eigenvalue weighted by molar-refractivity contribution is -0.136. The lowest BCUT2D eigenvalue weighted by Crippen LogP contribution is -2.56. The molecule has 2 heterocycles. The number of morpholine rings is 1. The predicted molar refractivity (Wildman–Crippen MR) is 87.4 cm³/mol. The molecule has 2 atom stereocenters. The number of nitrogens with two attached hydrogens (primary N) is 1. The van der Waals surface area contributed by atoms with Crippen LogP contribution in [0.3, 0.4) is 0 Å². The summed E-state index contributed by atoms with van der Waals surface area (Å²) >= 11 is 5.90. The second-order valence-electron chi connectivity index (χ2n) is 5.62. The van der Waals surface area contributed by atoms with Crippen molar-refractivity contribution in [3.05, 3.63) is 47.2 Å². The van der Waals surface area contributed by atoms with Gasteiger partial charge < -0.3 is 10.5 Å². The number of primary amides is 1. The second kappa shape index (κ2) is 6.70. The molecule has 1 aliphatic rings. The van der Waals surface area contributed by atoms with E-state index in [4.69, 9.17) is 22.1 Å². The minimum atomic E-state index is -0.426. The molecule has 23 heavy (non-hydrogen) atoms. The summed E-state index contributed by atoms with van der Waals surface area (Å²) in [6.07, 6.45) is 1.68. The maximum absolute atomic E-state index is 11.7. The molecule has 1 fully saturated rings. The van der Waals surface area contributed by atoms with E-state index in [0.717, 1.165) is 11.4 Å². The lowest BCUT2D eigenvalue weighted by Gasteiger charge is -2.37. The highest BCUT2D eigenvalue weighted by atomic mass is 35.5. The van der Waals surface area contributed by atoms with Gasteiger partial charge >= 0.3 is 0 Å². The second-order valence-corrected chi connectivity index (χ2v) is 6.06. The Morgan fingerprint density at radius 3 is 2.83 bits per heavy atom. The summed E-state index contributed by atoms with van der Waals surface area (Å²) in [5, 5.41) is 5.25. The fourth-order valence-electron chi connectivity index (χ4n) is 2.86. The van der Waals surface area contributed by atoms with Crippen LogP contribution >= 0.6 is 11.6 Å². The van der Waals surface area contributed by atoms with Crippen LogP contribution in [0.15, 0.2) is 36.5 Å². The van der Waals surface area contributed by atoms with Crippen molar-refractivity contribution in [2.45, 2.75) is 25.6 Å². The van der Waals surface area contributed by atoms with Crippen LogP contribution in [0.5, 0.6) is 0 Å². The third-order valence-electron chi connectivity index (χ3n) is 3.99. The van der Waals surface area contributed by atoms with E-state index >= 15 is 0 Å². The minimum Gasteiger partial charge on any atom is -0.375 e. The average molecular weight is 335 g/mol. The fraction of sp³-hybridized carbons (Fsp3) is 0.375. The summed E-state index contributed by atoms with van der Waals surface area (Å²) in [7, 11) is 0. The normalized spacial score (nSPS) is 22.2. The Morgan fingerprint density at radius 2 is 2.13 bits per heavy atom. The van der Waals surface area contributed by atoms with Gasteiger partial charge in [0.25, 0.3) is 0 Å². The van der Waals surface area contributed by atoms with Crippen LogP contribution in [0.1, 0.15) is 12.6 Å². The highest BCUT2D eigenvalue weighted by Crippen LogP contribution is 2.18. The van der Waals surface area contributed by atoms with Crippen molar-refractivity contribution in [2.24, 2.45) is 5.73 Å². The van der Waals surface area contributed by atoms with Crippen molar-refractivity contribution in [3.8, 4) is 5.69 Å².